The van der Waals surface area contributed by atoms with E-state index in [1.165, 1.54) is 25.7 Å². The van der Waals surface area contributed by atoms with Gasteiger partial charge in [0.15, 0.2) is 0 Å². The summed E-state index contributed by atoms with van der Waals surface area (Å²) in [6, 6.07) is 0. The Morgan fingerprint density at radius 3 is 1.86 bits per heavy atom. The second-order valence-corrected chi connectivity index (χ2v) is 7.11. The van der Waals surface area contributed by atoms with E-state index < -0.39 is 7.60 Å². The van der Waals surface area contributed by atoms with Crippen LogP contribution in [0.3, 0.4) is 0 Å². The molecule has 0 atom stereocenters. The summed E-state index contributed by atoms with van der Waals surface area (Å²) in [5, 5.41) is 0. The van der Waals surface area contributed by atoms with Gasteiger partial charge in [-0.1, -0.05) is 56.2 Å². The highest BCUT2D eigenvalue weighted by Gasteiger charge is 2.20. The summed E-state index contributed by atoms with van der Waals surface area (Å²) < 4.78 is 22.6. The molecule has 0 aromatic carbocycles. The summed E-state index contributed by atoms with van der Waals surface area (Å²) in [6.07, 6.45) is 19.9. The lowest BCUT2D eigenvalue weighted by Gasteiger charge is -2.14. The van der Waals surface area contributed by atoms with Gasteiger partial charge in [0.1, 0.15) is 0 Å². The highest BCUT2D eigenvalue weighted by atomic mass is 31.2. The third-order valence-corrected chi connectivity index (χ3v) is 4.96. The minimum atomic E-state index is -2.92. The van der Waals surface area contributed by atoms with Crippen molar-refractivity contribution in [1.82, 2.24) is 0 Å². The second-order valence-electron chi connectivity index (χ2n) is 5.01. The fourth-order valence-electron chi connectivity index (χ4n) is 1.91. The summed E-state index contributed by atoms with van der Waals surface area (Å²) >= 11 is 0. The van der Waals surface area contributed by atoms with Gasteiger partial charge in [-0.25, -0.2) is 0 Å². The molecule has 4 heteroatoms. The van der Waals surface area contributed by atoms with Crippen molar-refractivity contribution in [3.8, 4) is 0 Å². The van der Waals surface area contributed by atoms with Crippen molar-refractivity contribution < 1.29 is 13.6 Å². The first-order valence-electron chi connectivity index (χ1n) is 8.51. The minimum absolute atomic E-state index is 0.347. The molecule has 0 aromatic rings. The monoisotopic (exact) mass is 328 g/mol. The van der Waals surface area contributed by atoms with E-state index in [0.29, 0.717) is 19.4 Å². The molecule has 0 saturated carbocycles. The average molecular weight is 328 g/mol. The van der Waals surface area contributed by atoms with E-state index in [9.17, 15) is 4.57 Å². The lowest BCUT2D eigenvalue weighted by molar-refractivity contribution is 0.222. The fourth-order valence-corrected chi connectivity index (χ4v) is 3.39. The molecule has 0 aliphatic rings. The minimum Gasteiger partial charge on any atom is -0.309 e. The van der Waals surface area contributed by atoms with Gasteiger partial charge in [-0.3, -0.25) is 4.57 Å². The second kappa shape index (κ2) is 15.3. The van der Waals surface area contributed by atoms with Crippen LogP contribution in [0.1, 0.15) is 59.3 Å². The van der Waals surface area contributed by atoms with Gasteiger partial charge in [-0.2, -0.15) is 0 Å². The molecule has 128 valence electrons. The Kier molecular flexibility index (Phi) is 14.8. The van der Waals surface area contributed by atoms with Crippen LogP contribution in [-0.2, 0) is 13.6 Å². The molecule has 0 spiro atoms. The molecule has 0 aliphatic heterocycles. The van der Waals surface area contributed by atoms with Crippen LogP contribution < -0.4 is 0 Å². The van der Waals surface area contributed by atoms with Gasteiger partial charge in [-0.05, 0) is 39.5 Å². The summed E-state index contributed by atoms with van der Waals surface area (Å²) in [7, 11) is -2.92. The molecule has 0 fully saturated rings. The predicted molar refractivity (Wildman–Crippen MR) is 96.5 cm³/mol. The van der Waals surface area contributed by atoms with Crippen molar-refractivity contribution in [3.05, 3.63) is 36.5 Å². The molecule has 0 unspecified atom stereocenters. The van der Waals surface area contributed by atoms with Gasteiger partial charge in [0.2, 0.25) is 0 Å². The molecule has 0 amide bonds. The molecule has 0 rings (SSSR count). The standard InChI is InChI=1S/C18H33O3P/c1-4-7-8-9-10-11-12-13-14-15-16-17-18-22(19,20-5-2)21-6-3/h10-11,13-14,16-17H,4-9,12,15,18H2,1-3H3/b11-10-,14-13-,17-16-. The first kappa shape index (κ1) is 21.4. The molecule has 0 heterocycles. The highest BCUT2D eigenvalue weighted by Crippen LogP contribution is 2.47. The van der Waals surface area contributed by atoms with Crippen LogP contribution in [0.15, 0.2) is 36.5 Å². The van der Waals surface area contributed by atoms with Crippen molar-refractivity contribution in [2.75, 3.05) is 19.4 Å². The van der Waals surface area contributed by atoms with E-state index in [4.69, 9.17) is 9.05 Å². The van der Waals surface area contributed by atoms with Gasteiger partial charge >= 0.3 is 7.60 Å². The van der Waals surface area contributed by atoms with Crippen molar-refractivity contribution >= 4 is 7.60 Å². The third-order valence-electron chi connectivity index (χ3n) is 3.00. The largest absolute Gasteiger partial charge is 0.334 e. The van der Waals surface area contributed by atoms with E-state index in [0.717, 1.165) is 12.8 Å². The Bertz CT molecular complexity index is 363. The number of rotatable bonds is 14. The lowest BCUT2D eigenvalue weighted by atomic mass is 10.2. The zero-order valence-corrected chi connectivity index (χ0v) is 15.4. The first-order chi connectivity index (χ1) is 10.7. The maximum absolute atomic E-state index is 12.2. The van der Waals surface area contributed by atoms with E-state index in [-0.39, 0.29) is 0 Å². The SMILES string of the molecule is CCCCC/C=C\C/C=C\C/C=C\CP(=O)(OCC)OCC. The predicted octanol–water partition coefficient (Wildman–Crippen LogP) is 6.28. The zero-order valence-electron chi connectivity index (χ0n) is 14.5. The summed E-state index contributed by atoms with van der Waals surface area (Å²) in [4.78, 5) is 0. The molecule has 0 aromatic heterocycles. The Labute approximate surface area is 137 Å². The van der Waals surface area contributed by atoms with Gasteiger partial charge in [0.25, 0.3) is 0 Å². The van der Waals surface area contributed by atoms with Crippen molar-refractivity contribution in [2.24, 2.45) is 0 Å². The molecular weight excluding hydrogens is 295 g/mol. The van der Waals surface area contributed by atoms with Gasteiger partial charge in [0, 0.05) is 0 Å². The summed E-state index contributed by atoms with van der Waals surface area (Å²) in [6.45, 7) is 6.70. The molecule has 0 saturated heterocycles. The van der Waals surface area contributed by atoms with Gasteiger partial charge < -0.3 is 9.05 Å². The van der Waals surface area contributed by atoms with Gasteiger partial charge in [0.05, 0.1) is 19.4 Å². The van der Waals surface area contributed by atoms with Crippen LogP contribution in [-0.4, -0.2) is 19.4 Å². The quantitative estimate of drug-likeness (QED) is 0.214. The molecular formula is C18H33O3P. The van der Waals surface area contributed by atoms with Crippen LogP contribution in [0.25, 0.3) is 0 Å². The van der Waals surface area contributed by atoms with Crippen LogP contribution >= 0.6 is 7.60 Å². The van der Waals surface area contributed by atoms with Crippen molar-refractivity contribution in [3.63, 3.8) is 0 Å². The first-order valence-corrected chi connectivity index (χ1v) is 10.2. The topological polar surface area (TPSA) is 35.5 Å². The number of unbranched alkanes of at least 4 members (excludes halogenated alkanes) is 3. The van der Waals surface area contributed by atoms with E-state index in [1.807, 2.05) is 26.0 Å². The van der Waals surface area contributed by atoms with Crippen LogP contribution in [0, 0.1) is 0 Å². The average Bonchev–Trinajstić information content (AvgIpc) is 2.49. The Morgan fingerprint density at radius 2 is 1.32 bits per heavy atom. The maximum Gasteiger partial charge on any atom is 0.334 e. The number of allylic oxidation sites excluding steroid dienone is 6. The number of hydrogen-bond donors (Lipinski definition) is 0. The molecule has 3 nitrogen and oxygen atoms in total. The molecule has 0 bridgehead atoms. The molecule has 0 N–H and O–H groups in total. The smallest absolute Gasteiger partial charge is 0.309 e. The van der Waals surface area contributed by atoms with Crippen LogP contribution in [0.2, 0.25) is 0 Å². The number of hydrogen-bond acceptors (Lipinski definition) is 3. The van der Waals surface area contributed by atoms with Crippen LogP contribution in [0.5, 0.6) is 0 Å². The van der Waals surface area contributed by atoms with Crippen molar-refractivity contribution in [1.29, 1.82) is 0 Å². The maximum atomic E-state index is 12.2. The normalized spacial score (nSPS) is 13.0. The Balaban J connectivity index is 3.80. The Morgan fingerprint density at radius 1 is 0.773 bits per heavy atom. The fraction of sp³-hybridized carbons (Fsp3) is 0.667. The van der Waals surface area contributed by atoms with Gasteiger partial charge in [-0.15, -0.1) is 0 Å². The van der Waals surface area contributed by atoms with Crippen LogP contribution in [0.4, 0.5) is 0 Å². The lowest BCUT2D eigenvalue weighted by Crippen LogP contribution is -1.98. The zero-order chi connectivity index (χ0) is 16.5. The summed E-state index contributed by atoms with van der Waals surface area (Å²) in [5.41, 5.74) is 0. The van der Waals surface area contributed by atoms with E-state index in [1.54, 1.807) is 0 Å². The highest BCUT2D eigenvalue weighted by molar-refractivity contribution is 7.54. The van der Waals surface area contributed by atoms with E-state index in [2.05, 4.69) is 31.2 Å². The molecule has 0 aliphatic carbocycles. The molecule has 0 radical (unpaired) electrons. The van der Waals surface area contributed by atoms with E-state index >= 15 is 0 Å². The third kappa shape index (κ3) is 13.1. The Hall–Kier alpha value is -0.630. The van der Waals surface area contributed by atoms with Crippen molar-refractivity contribution in [2.45, 2.75) is 59.3 Å². The molecule has 22 heavy (non-hydrogen) atoms. The summed E-state index contributed by atoms with van der Waals surface area (Å²) in [5.74, 6) is 0.